The Kier molecular flexibility index (Phi) is 8.07. The molecule has 0 saturated heterocycles. The zero-order chi connectivity index (χ0) is 10.1. The molecule has 0 spiro atoms. The highest BCUT2D eigenvalue weighted by atomic mass is 16.1. The second kappa shape index (κ2) is 8.28. The van der Waals surface area contributed by atoms with Crippen molar-refractivity contribution in [1.82, 2.24) is 0 Å². The van der Waals surface area contributed by atoms with Crippen LogP contribution in [0.25, 0.3) is 0 Å². The fourth-order valence-corrected chi connectivity index (χ4v) is 1.57. The fraction of sp³-hybridized carbons (Fsp3) is 0.917. The van der Waals surface area contributed by atoms with Crippen LogP contribution in [-0.2, 0) is 4.79 Å². The zero-order valence-corrected chi connectivity index (χ0v) is 9.38. The van der Waals surface area contributed by atoms with Crippen LogP contribution >= 0.6 is 0 Å². The second-order valence-corrected chi connectivity index (χ2v) is 4.53. The Hall–Kier alpha value is -0.330. The Morgan fingerprint density at radius 3 is 2.15 bits per heavy atom. The van der Waals surface area contributed by atoms with E-state index in [-0.39, 0.29) is 0 Å². The van der Waals surface area contributed by atoms with E-state index in [4.69, 9.17) is 0 Å². The molecule has 0 saturated carbocycles. The quantitative estimate of drug-likeness (QED) is 0.414. The smallest absolute Gasteiger partial charge is 0.119 e. The Morgan fingerprint density at radius 2 is 1.62 bits per heavy atom. The van der Waals surface area contributed by atoms with Gasteiger partial charge in [0.25, 0.3) is 0 Å². The molecule has 0 bridgehead atoms. The summed E-state index contributed by atoms with van der Waals surface area (Å²) >= 11 is 0. The van der Waals surface area contributed by atoms with E-state index < -0.39 is 0 Å². The van der Waals surface area contributed by atoms with Gasteiger partial charge in [0.05, 0.1) is 0 Å². The summed E-state index contributed by atoms with van der Waals surface area (Å²) in [7, 11) is 0. The summed E-state index contributed by atoms with van der Waals surface area (Å²) in [6.45, 7) is 6.85. The minimum Gasteiger partial charge on any atom is -0.303 e. The molecule has 0 aliphatic carbocycles. The van der Waals surface area contributed by atoms with Gasteiger partial charge in [-0.25, -0.2) is 0 Å². The van der Waals surface area contributed by atoms with Gasteiger partial charge in [0.15, 0.2) is 0 Å². The van der Waals surface area contributed by atoms with Gasteiger partial charge in [-0.05, 0) is 18.3 Å². The van der Waals surface area contributed by atoms with Crippen molar-refractivity contribution in [1.29, 1.82) is 0 Å². The third-order valence-electron chi connectivity index (χ3n) is 2.50. The van der Waals surface area contributed by atoms with E-state index in [9.17, 15) is 4.79 Å². The van der Waals surface area contributed by atoms with Crippen LogP contribution in [0.5, 0.6) is 0 Å². The van der Waals surface area contributed by atoms with E-state index in [0.29, 0.717) is 0 Å². The van der Waals surface area contributed by atoms with Crippen molar-refractivity contribution in [2.24, 2.45) is 11.8 Å². The maximum Gasteiger partial charge on any atom is 0.119 e. The molecule has 0 amide bonds. The molecule has 0 N–H and O–H groups in total. The van der Waals surface area contributed by atoms with Gasteiger partial charge in [-0.1, -0.05) is 46.5 Å². The molecule has 0 fully saturated rings. The van der Waals surface area contributed by atoms with E-state index in [0.717, 1.165) is 31.0 Å². The van der Waals surface area contributed by atoms with Gasteiger partial charge in [0, 0.05) is 6.42 Å². The number of carbonyl (C=O) groups is 1. The van der Waals surface area contributed by atoms with Gasteiger partial charge < -0.3 is 4.79 Å². The molecule has 13 heavy (non-hydrogen) atoms. The lowest BCUT2D eigenvalue weighted by atomic mass is 9.96. The van der Waals surface area contributed by atoms with Crippen molar-refractivity contribution >= 4 is 6.29 Å². The Morgan fingerprint density at radius 1 is 1.00 bits per heavy atom. The predicted octanol–water partition coefficient (Wildman–Crippen LogP) is 3.82. The summed E-state index contributed by atoms with van der Waals surface area (Å²) in [5.74, 6) is 1.64. The molecule has 0 radical (unpaired) electrons. The number of hydrogen-bond donors (Lipinski definition) is 0. The van der Waals surface area contributed by atoms with Crippen molar-refractivity contribution in [2.75, 3.05) is 0 Å². The molecule has 0 aliphatic heterocycles. The highest BCUT2D eigenvalue weighted by Gasteiger charge is 2.02. The lowest BCUT2D eigenvalue weighted by Crippen LogP contribution is -1.96. The second-order valence-electron chi connectivity index (χ2n) is 4.53. The van der Waals surface area contributed by atoms with Gasteiger partial charge >= 0.3 is 0 Å². The van der Waals surface area contributed by atoms with Crippen LogP contribution in [0.3, 0.4) is 0 Å². The van der Waals surface area contributed by atoms with Gasteiger partial charge in [-0.2, -0.15) is 0 Å². The summed E-state index contributed by atoms with van der Waals surface area (Å²) in [5.41, 5.74) is 0. The SMILES string of the molecule is CC(C)CCC[C@@H](C)CCCC=O. The van der Waals surface area contributed by atoms with E-state index in [1.807, 2.05) is 0 Å². The molecule has 1 heteroatoms. The Balaban J connectivity index is 3.19. The van der Waals surface area contributed by atoms with Gasteiger partial charge in [0.2, 0.25) is 0 Å². The molecular weight excluding hydrogens is 160 g/mol. The number of rotatable bonds is 8. The van der Waals surface area contributed by atoms with Gasteiger partial charge in [-0.15, -0.1) is 0 Å². The average molecular weight is 184 g/mol. The monoisotopic (exact) mass is 184 g/mol. The minimum atomic E-state index is 0.745. The Bertz CT molecular complexity index is 118. The standard InChI is InChI=1S/C12H24O/c1-11(2)7-6-9-12(3)8-4-5-10-13/h10-12H,4-9H2,1-3H3/t12-/m0/s1. The highest BCUT2D eigenvalue weighted by Crippen LogP contribution is 2.16. The lowest BCUT2D eigenvalue weighted by molar-refractivity contribution is -0.107. The van der Waals surface area contributed by atoms with Crippen LogP contribution in [0.4, 0.5) is 0 Å². The molecule has 0 aliphatic rings. The maximum atomic E-state index is 10.1. The molecule has 0 aromatic carbocycles. The van der Waals surface area contributed by atoms with Crippen molar-refractivity contribution < 1.29 is 4.79 Å². The molecule has 1 atom stereocenters. The van der Waals surface area contributed by atoms with Crippen LogP contribution < -0.4 is 0 Å². The predicted molar refractivity (Wildman–Crippen MR) is 57.8 cm³/mol. The van der Waals surface area contributed by atoms with E-state index in [1.165, 1.54) is 25.7 Å². The molecule has 0 rings (SSSR count). The summed E-state index contributed by atoms with van der Waals surface area (Å²) in [4.78, 5) is 10.1. The Labute approximate surface area is 82.9 Å². The van der Waals surface area contributed by atoms with Gasteiger partial charge in [-0.3, -0.25) is 0 Å². The summed E-state index contributed by atoms with van der Waals surface area (Å²) < 4.78 is 0. The first-order valence-corrected chi connectivity index (χ1v) is 5.60. The zero-order valence-electron chi connectivity index (χ0n) is 9.38. The van der Waals surface area contributed by atoms with Crippen LogP contribution in [0, 0.1) is 11.8 Å². The number of aldehydes is 1. The van der Waals surface area contributed by atoms with Gasteiger partial charge in [0.1, 0.15) is 6.29 Å². The van der Waals surface area contributed by atoms with Crippen molar-refractivity contribution in [2.45, 2.75) is 59.3 Å². The summed E-state index contributed by atoms with van der Waals surface area (Å²) in [6, 6.07) is 0. The molecular formula is C12H24O. The first-order chi connectivity index (χ1) is 6.16. The van der Waals surface area contributed by atoms with Crippen molar-refractivity contribution in [3.05, 3.63) is 0 Å². The normalized spacial score (nSPS) is 13.2. The first kappa shape index (κ1) is 12.7. The number of carbonyl (C=O) groups excluding carboxylic acids is 1. The number of hydrogen-bond acceptors (Lipinski definition) is 1. The molecule has 1 nitrogen and oxygen atoms in total. The molecule has 78 valence electrons. The van der Waals surface area contributed by atoms with Crippen LogP contribution in [0.15, 0.2) is 0 Å². The molecule has 0 heterocycles. The third kappa shape index (κ3) is 9.59. The van der Waals surface area contributed by atoms with Crippen LogP contribution in [0.2, 0.25) is 0 Å². The third-order valence-corrected chi connectivity index (χ3v) is 2.50. The van der Waals surface area contributed by atoms with Crippen LogP contribution in [-0.4, -0.2) is 6.29 Å². The van der Waals surface area contributed by atoms with E-state index >= 15 is 0 Å². The van der Waals surface area contributed by atoms with Crippen molar-refractivity contribution in [3.8, 4) is 0 Å². The summed E-state index contributed by atoms with van der Waals surface area (Å²) in [6.07, 6.45) is 8.09. The van der Waals surface area contributed by atoms with E-state index in [2.05, 4.69) is 20.8 Å². The molecule has 0 aromatic rings. The van der Waals surface area contributed by atoms with Crippen LogP contribution in [0.1, 0.15) is 59.3 Å². The number of unbranched alkanes of at least 4 members (excludes halogenated alkanes) is 1. The fourth-order valence-electron chi connectivity index (χ4n) is 1.57. The minimum absolute atomic E-state index is 0.745. The summed E-state index contributed by atoms with van der Waals surface area (Å²) in [5, 5.41) is 0. The maximum absolute atomic E-state index is 10.1. The largest absolute Gasteiger partial charge is 0.303 e. The molecule has 0 aromatic heterocycles. The average Bonchev–Trinajstić information content (AvgIpc) is 2.04. The highest BCUT2D eigenvalue weighted by molar-refractivity contribution is 5.48. The first-order valence-electron chi connectivity index (χ1n) is 5.60. The lowest BCUT2D eigenvalue weighted by Gasteiger charge is -2.10. The topological polar surface area (TPSA) is 17.1 Å². The molecule has 0 unspecified atom stereocenters. The van der Waals surface area contributed by atoms with E-state index in [1.54, 1.807) is 0 Å². The van der Waals surface area contributed by atoms with Crippen molar-refractivity contribution in [3.63, 3.8) is 0 Å².